The van der Waals surface area contributed by atoms with Crippen molar-refractivity contribution < 1.29 is 51.2 Å². The number of hydrogen-bond acceptors (Lipinski definition) is 0. The van der Waals surface area contributed by atoms with Crippen LogP contribution in [0.15, 0.2) is 0 Å². The Bertz CT molecular complexity index is 8.75. The van der Waals surface area contributed by atoms with E-state index in [-0.39, 0.29) is 63.6 Å². The van der Waals surface area contributed by atoms with Gasteiger partial charge in [-0.1, -0.05) is 0 Å². The van der Waals surface area contributed by atoms with Gasteiger partial charge >= 0.3 is 22.4 Å². The third-order valence-corrected chi connectivity index (χ3v) is 0. The van der Waals surface area contributed by atoms with Gasteiger partial charge in [0, 0.05) is 0 Å². The molecule has 0 bridgehead atoms. The Morgan fingerprint density at radius 1 is 0.667 bits per heavy atom. The van der Waals surface area contributed by atoms with E-state index in [4.69, 9.17) is 0 Å². The third kappa shape index (κ3) is 63.7. The van der Waals surface area contributed by atoms with Gasteiger partial charge in [-0.05, 0) is 0 Å². The average molecular weight is 323 g/mol. The van der Waals surface area contributed by atoms with Crippen LogP contribution >= 0.6 is 12.4 Å². The van der Waals surface area contributed by atoms with Crippen molar-refractivity contribution >= 4 is 12.4 Å². The van der Waals surface area contributed by atoms with Gasteiger partial charge in [-0.3, -0.25) is 0 Å². The van der Waals surface area contributed by atoms with E-state index < -0.39 is 0 Å². The molecule has 0 saturated carbocycles. The molecule has 6 heavy (non-hydrogen) atoms. The Kier molecular flexibility index (Phi) is 3730. The first-order valence-corrected chi connectivity index (χ1v) is 0. The van der Waals surface area contributed by atoms with Crippen LogP contribution in [0.3, 0.4) is 0 Å². The van der Waals surface area contributed by atoms with E-state index in [0.29, 0.717) is 0 Å². The summed E-state index contributed by atoms with van der Waals surface area (Å²) in [6, 6.07) is 0. The number of rotatable bonds is 0. The molecule has 0 radical (unpaired) electrons. The first kappa shape index (κ1) is 192. The van der Waals surface area contributed by atoms with Crippen LogP contribution in [-0.4, -0.2) is 16.4 Å². The van der Waals surface area contributed by atoms with Crippen molar-refractivity contribution in [1.29, 1.82) is 0 Å². The molecular formula is H7AuCl2O3. The molecule has 0 atom stereocenters. The summed E-state index contributed by atoms with van der Waals surface area (Å²) < 4.78 is 0. The first-order chi connectivity index (χ1) is 0. The van der Waals surface area contributed by atoms with E-state index in [1.807, 2.05) is 0 Å². The molecule has 3 nitrogen and oxygen atoms in total. The van der Waals surface area contributed by atoms with E-state index in [2.05, 4.69) is 0 Å². The first-order valence-electron chi connectivity index (χ1n) is 0. The quantitative estimate of drug-likeness (QED) is 0.399. The second-order valence-corrected chi connectivity index (χ2v) is 0. The molecule has 0 aliphatic rings. The number of halogens is 2. The molecule has 0 saturated heterocycles. The summed E-state index contributed by atoms with van der Waals surface area (Å²) in [5, 5.41) is 0. The minimum absolute atomic E-state index is 0. The van der Waals surface area contributed by atoms with Gasteiger partial charge in [0.2, 0.25) is 0 Å². The minimum Gasteiger partial charge on any atom is -1.00 e. The molecule has 0 spiro atoms. The molecule has 0 rings (SSSR count). The van der Waals surface area contributed by atoms with Gasteiger partial charge < -0.3 is 28.8 Å². The van der Waals surface area contributed by atoms with Gasteiger partial charge in [0.15, 0.2) is 0 Å². The zero-order chi connectivity index (χ0) is 0. The Morgan fingerprint density at radius 2 is 0.667 bits per heavy atom. The number of hydrogen-bond donors (Lipinski definition) is 0. The van der Waals surface area contributed by atoms with E-state index in [1.165, 1.54) is 0 Å². The van der Waals surface area contributed by atoms with Crippen LogP contribution in [0.4, 0.5) is 0 Å². The van der Waals surface area contributed by atoms with Crippen molar-refractivity contribution in [3.63, 3.8) is 0 Å². The molecule has 0 aromatic heterocycles. The van der Waals surface area contributed by atoms with Gasteiger partial charge in [0.1, 0.15) is 0 Å². The summed E-state index contributed by atoms with van der Waals surface area (Å²) >= 11 is 0. The zero-order valence-corrected chi connectivity index (χ0v) is 6.33. The van der Waals surface area contributed by atoms with Gasteiger partial charge in [-0.25, -0.2) is 0 Å². The second-order valence-electron chi connectivity index (χ2n) is 0. The smallest absolute Gasteiger partial charge is 1.00 e. The van der Waals surface area contributed by atoms with Crippen molar-refractivity contribution in [3.05, 3.63) is 0 Å². The van der Waals surface area contributed by atoms with Crippen molar-refractivity contribution in [1.82, 2.24) is 0 Å². The van der Waals surface area contributed by atoms with E-state index in [1.54, 1.807) is 0 Å². The fourth-order valence-electron chi connectivity index (χ4n) is 0. The standard InChI is InChI=1S/Au.2ClH.3H2O/h;2*1H;3*1H2/q+1;;;;;/p-1. The third-order valence-electron chi connectivity index (χ3n) is 0. The Labute approximate surface area is 63.8 Å². The largest absolute Gasteiger partial charge is 1.00 e. The van der Waals surface area contributed by atoms with Crippen molar-refractivity contribution in [2.45, 2.75) is 0 Å². The van der Waals surface area contributed by atoms with Gasteiger partial charge in [-0.2, -0.15) is 0 Å². The Balaban J connectivity index is 0. The van der Waals surface area contributed by atoms with Gasteiger partial charge in [0.05, 0.1) is 0 Å². The van der Waals surface area contributed by atoms with E-state index in [0.717, 1.165) is 0 Å². The van der Waals surface area contributed by atoms with Crippen LogP contribution in [0.1, 0.15) is 0 Å². The predicted molar refractivity (Wildman–Crippen MR) is 18.1 cm³/mol. The van der Waals surface area contributed by atoms with Crippen LogP contribution in [-0.2, 0) is 22.4 Å². The summed E-state index contributed by atoms with van der Waals surface area (Å²) in [7, 11) is 0. The Morgan fingerprint density at radius 3 is 0.667 bits per heavy atom. The summed E-state index contributed by atoms with van der Waals surface area (Å²) in [5.74, 6) is 0. The molecule has 0 heterocycles. The summed E-state index contributed by atoms with van der Waals surface area (Å²) in [6.07, 6.45) is 0. The van der Waals surface area contributed by atoms with Crippen molar-refractivity contribution in [2.75, 3.05) is 0 Å². The summed E-state index contributed by atoms with van der Waals surface area (Å²) in [4.78, 5) is 0. The SMILES string of the molecule is Cl.O.O.O.[Au+].[Cl-]. The molecule has 0 fully saturated rings. The maximum atomic E-state index is 0. The summed E-state index contributed by atoms with van der Waals surface area (Å²) in [6.45, 7) is 0. The van der Waals surface area contributed by atoms with Crippen LogP contribution in [0.25, 0.3) is 0 Å². The molecule has 0 unspecified atom stereocenters. The van der Waals surface area contributed by atoms with Crippen molar-refractivity contribution in [3.8, 4) is 0 Å². The van der Waals surface area contributed by atoms with E-state index in [9.17, 15) is 0 Å². The Hall–Kier alpha value is 1.20. The monoisotopic (exact) mass is 322 g/mol. The molecular weight excluding hydrogens is 316 g/mol. The topological polar surface area (TPSA) is 94.5 Å². The minimum atomic E-state index is 0. The van der Waals surface area contributed by atoms with Crippen molar-refractivity contribution in [2.24, 2.45) is 0 Å². The maximum absolute atomic E-state index is 0. The van der Waals surface area contributed by atoms with Crippen LogP contribution in [0.5, 0.6) is 0 Å². The predicted octanol–water partition coefficient (Wildman–Crippen LogP) is -5.05. The van der Waals surface area contributed by atoms with Gasteiger partial charge in [0.25, 0.3) is 0 Å². The molecule has 6 N–H and O–H groups in total. The summed E-state index contributed by atoms with van der Waals surface area (Å²) in [5.41, 5.74) is 0. The molecule has 6 heteroatoms. The molecule has 50 valence electrons. The van der Waals surface area contributed by atoms with Crippen LogP contribution in [0, 0.1) is 0 Å². The second kappa shape index (κ2) is 116. The van der Waals surface area contributed by atoms with Crippen LogP contribution < -0.4 is 12.4 Å². The zero-order valence-electron chi connectivity index (χ0n) is 2.59. The molecule has 0 aliphatic carbocycles. The van der Waals surface area contributed by atoms with E-state index >= 15 is 0 Å². The normalized spacial score (nSPS) is 0. The maximum Gasteiger partial charge on any atom is 1.00 e. The molecule has 0 aromatic carbocycles. The average Bonchev–Trinajstić information content (AvgIpc) is 0. The molecule has 0 amide bonds. The molecule has 0 aromatic rings. The van der Waals surface area contributed by atoms with Crippen LogP contribution in [0.2, 0.25) is 0 Å². The fourth-order valence-corrected chi connectivity index (χ4v) is 0. The molecule has 0 aliphatic heterocycles. The van der Waals surface area contributed by atoms with Gasteiger partial charge in [-0.15, -0.1) is 12.4 Å². The fraction of sp³-hybridized carbons (Fsp3) is 0.